The Labute approximate surface area is 107 Å². The summed E-state index contributed by atoms with van der Waals surface area (Å²) >= 11 is 0. The molecular weight excluding hydrogens is 246 g/mol. The van der Waals surface area contributed by atoms with E-state index in [0.29, 0.717) is 4.90 Å². The van der Waals surface area contributed by atoms with Gasteiger partial charge in [0.2, 0.25) is 0 Å². The van der Waals surface area contributed by atoms with Crippen LogP contribution in [0.1, 0.15) is 18.1 Å². The summed E-state index contributed by atoms with van der Waals surface area (Å²) in [4.78, 5) is 4.39. The van der Waals surface area contributed by atoms with Gasteiger partial charge in [0.05, 0.1) is 10.6 Å². The summed E-state index contributed by atoms with van der Waals surface area (Å²) < 4.78 is 24.5. The van der Waals surface area contributed by atoms with E-state index in [1.165, 1.54) is 0 Å². The van der Waals surface area contributed by atoms with Gasteiger partial charge in [-0.3, -0.25) is 4.98 Å². The SMILES string of the molecule is CCc1cnccc1CS(=O)(=O)c1ccccc1. The molecule has 0 radical (unpaired) electrons. The van der Waals surface area contributed by atoms with Crippen molar-refractivity contribution in [1.29, 1.82) is 0 Å². The lowest BCUT2D eigenvalue weighted by molar-refractivity contribution is 0.595. The number of sulfone groups is 1. The highest BCUT2D eigenvalue weighted by Gasteiger charge is 2.16. The number of hydrogen-bond donors (Lipinski definition) is 0. The van der Waals surface area contributed by atoms with Crippen LogP contribution < -0.4 is 0 Å². The van der Waals surface area contributed by atoms with E-state index in [1.54, 1.807) is 42.7 Å². The Kier molecular flexibility index (Phi) is 3.77. The maximum Gasteiger partial charge on any atom is 0.182 e. The second kappa shape index (κ2) is 5.31. The lowest BCUT2D eigenvalue weighted by Crippen LogP contribution is -2.07. The molecule has 0 bridgehead atoms. The maximum atomic E-state index is 12.2. The van der Waals surface area contributed by atoms with Crippen LogP contribution in [0, 0.1) is 0 Å². The first-order valence-corrected chi connectivity index (χ1v) is 7.48. The van der Waals surface area contributed by atoms with E-state index in [4.69, 9.17) is 0 Å². The third-order valence-electron chi connectivity index (χ3n) is 2.83. The zero-order valence-corrected chi connectivity index (χ0v) is 11.0. The summed E-state index contributed by atoms with van der Waals surface area (Å²) in [7, 11) is -3.27. The summed E-state index contributed by atoms with van der Waals surface area (Å²) in [5.41, 5.74) is 1.81. The van der Waals surface area contributed by atoms with Gasteiger partial charge in [-0.2, -0.15) is 0 Å². The van der Waals surface area contributed by atoms with E-state index in [-0.39, 0.29) is 5.75 Å². The number of pyridine rings is 1. The molecule has 2 rings (SSSR count). The lowest BCUT2D eigenvalue weighted by Gasteiger charge is -2.08. The van der Waals surface area contributed by atoms with E-state index in [1.807, 2.05) is 13.0 Å². The first-order chi connectivity index (χ1) is 8.63. The predicted octanol–water partition coefficient (Wildman–Crippen LogP) is 2.62. The van der Waals surface area contributed by atoms with Gasteiger partial charge in [-0.15, -0.1) is 0 Å². The van der Waals surface area contributed by atoms with Gasteiger partial charge < -0.3 is 0 Å². The number of benzene rings is 1. The normalized spacial score (nSPS) is 11.4. The molecule has 3 nitrogen and oxygen atoms in total. The Hall–Kier alpha value is -1.68. The number of aryl methyl sites for hydroxylation is 1. The minimum absolute atomic E-state index is 0.0305. The fourth-order valence-electron chi connectivity index (χ4n) is 1.83. The van der Waals surface area contributed by atoms with Crippen molar-refractivity contribution in [2.45, 2.75) is 24.0 Å². The number of hydrogen-bond acceptors (Lipinski definition) is 3. The lowest BCUT2D eigenvalue weighted by atomic mass is 10.1. The molecule has 0 spiro atoms. The van der Waals surface area contributed by atoms with E-state index in [9.17, 15) is 8.42 Å². The highest BCUT2D eigenvalue weighted by atomic mass is 32.2. The summed E-state index contributed by atoms with van der Waals surface area (Å²) in [5.74, 6) is 0.0305. The van der Waals surface area contributed by atoms with Crippen molar-refractivity contribution in [3.05, 3.63) is 59.9 Å². The number of rotatable bonds is 4. The highest BCUT2D eigenvalue weighted by molar-refractivity contribution is 7.90. The van der Waals surface area contributed by atoms with Crippen LogP contribution in [0.2, 0.25) is 0 Å². The van der Waals surface area contributed by atoms with E-state index in [0.717, 1.165) is 17.5 Å². The van der Waals surface area contributed by atoms with E-state index in [2.05, 4.69) is 4.98 Å². The molecule has 94 valence electrons. The third-order valence-corrected chi connectivity index (χ3v) is 4.51. The quantitative estimate of drug-likeness (QED) is 0.850. The molecule has 0 aliphatic rings. The van der Waals surface area contributed by atoms with Crippen LogP contribution in [0.3, 0.4) is 0 Å². The van der Waals surface area contributed by atoms with E-state index < -0.39 is 9.84 Å². The molecule has 0 saturated heterocycles. The molecule has 0 aliphatic heterocycles. The minimum Gasteiger partial charge on any atom is -0.264 e. The van der Waals surface area contributed by atoms with Crippen LogP contribution in [0.5, 0.6) is 0 Å². The second-order valence-electron chi connectivity index (χ2n) is 4.07. The van der Waals surface area contributed by atoms with Gasteiger partial charge in [-0.05, 0) is 35.7 Å². The molecule has 18 heavy (non-hydrogen) atoms. The summed E-state index contributed by atoms with van der Waals surface area (Å²) in [5, 5.41) is 0. The van der Waals surface area contributed by atoms with Gasteiger partial charge in [-0.1, -0.05) is 25.1 Å². The molecule has 0 amide bonds. The van der Waals surface area contributed by atoms with Gasteiger partial charge in [0.15, 0.2) is 9.84 Å². The van der Waals surface area contributed by atoms with Gasteiger partial charge in [0.1, 0.15) is 0 Å². The van der Waals surface area contributed by atoms with Gasteiger partial charge >= 0.3 is 0 Å². The topological polar surface area (TPSA) is 47.0 Å². The fourth-order valence-corrected chi connectivity index (χ4v) is 3.26. The molecule has 0 fully saturated rings. The minimum atomic E-state index is -3.27. The van der Waals surface area contributed by atoms with Crippen LogP contribution in [-0.2, 0) is 22.0 Å². The summed E-state index contributed by atoms with van der Waals surface area (Å²) in [6.07, 6.45) is 4.15. The standard InChI is InChI=1S/C14H15NO2S/c1-2-12-10-15-9-8-13(12)11-18(16,17)14-6-4-3-5-7-14/h3-10H,2,11H2,1H3. The molecule has 0 unspecified atom stereocenters. The Morgan fingerprint density at radius 1 is 1.06 bits per heavy atom. The Bertz CT molecular complexity index is 621. The van der Waals surface area contributed by atoms with E-state index >= 15 is 0 Å². The van der Waals surface area contributed by atoms with Gasteiger partial charge in [-0.25, -0.2) is 8.42 Å². The van der Waals surface area contributed by atoms with Crippen LogP contribution in [0.25, 0.3) is 0 Å². The van der Waals surface area contributed by atoms with Crippen molar-refractivity contribution >= 4 is 9.84 Å². The van der Waals surface area contributed by atoms with Crippen LogP contribution in [0.4, 0.5) is 0 Å². The molecule has 1 aromatic heterocycles. The van der Waals surface area contributed by atoms with Crippen LogP contribution in [-0.4, -0.2) is 13.4 Å². The Morgan fingerprint density at radius 3 is 2.44 bits per heavy atom. The third kappa shape index (κ3) is 2.76. The molecule has 1 heterocycles. The number of aromatic nitrogens is 1. The molecular formula is C14H15NO2S. The predicted molar refractivity (Wildman–Crippen MR) is 70.9 cm³/mol. The van der Waals surface area contributed by atoms with Crippen molar-refractivity contribution in [3.8, 4) is 0 Å². The van der Waals surface area contributed by atoms with Crippen molar-refractivity contribution in [3.63, 3.8) is 0 Å². The average molecular weight is 261 g/mol. The van der Waals surface area contributed by atoms with Gasteiger partial charge in [0, 0.05) is 12.4 Å². The fraction of sp³-hybridized carbons (Fsp3) is 0.214. The molecule has 0 saturated carbocycles. The van der Waals surface area contributed by atoms with Crippen molar-refractivity contribution in [2.24, 2.45) is 0 Å². The number of nitrogens with zero attached hydrogens (tertiary/aromatic N) is 1. The summed E-state index contributed by atoms with van der Waals surface area (Å²) in [6.45, 7) is 2.00. The Balaban J connectivity index is 2.34. The molecule has 0 N–H and O–H groups in total. The Morgan fingerprint density at radius 2 is 1.78 bits per heavy atom. The zero-order valence-electron chi connectivity index (χ0n) is 10.2. The van der Waals surface area contributed by atoms with Crippen molar-refractivity contribution in [1.82, 2.24) is 4.98 Å². The molecule has 1 aromatic carbocycles. The van der Waals surface area contributed by atoms with Crippen molar-refractivity contribution < 1.29 is 8.42 Å². The monoisotopic (exact) mass is 261 g/mol. The smallest absolute Gasteiger partial charge is 0.182 e. The van der Waals surface area contributed by atoms with Gasteiger partial charge in [0.25, 0.3) is 0 Å². The average Bonchev–Trinajstić information content (AvgIpc) is 2.40. The second-order valence-corrected chi connectivity index (χ2v) is 6.06. The molecule has 0 aliphatic carbocycles. The van der Waals surface area contributed by atoms with Crippen LogP contribution in [0.15, 0.2) is 53.7 Å². The zero-order chi connectivity index (χ0) is 13.0. The summed E-state index contributed by atoms with van der Waals surface area (Å²) in [6, 6.07) is 10.3. The maximum absolute atomic E-state index is 12.2. The molecule has 4 heteroatoms. The van der Waals surface area contributed by atoms with Crippen molar-refractivity contribution in [2.75, 3.05) is 0 Å². The molecule has 2 aromatic rings. The largest absolute Gasteiger partial charge is 0.264 e. The van der Waals surface area contributed by atoms with Crippen LogP contribution >= 0.6 is 0 Å². The first-order valence-electron chi connectivity index (χ1n) is 5.83. The highest BCUT2D eigenvalue weighted by Crippen LogP contribution is 2.18. The first kappa shape index (κ1) is 12.8. The molecule has 0 atom stereocenters.